The molecule has 3 N–H and O–H groups in total. The third-order valence-corrected chi connectivity index (χ3v) is 3.00. The van der Waals surface area contributed by atoms with Gasteiger partial charge in [-0.1, -0.05) is 0 Å². The molecule has 0 aliphatic rings. The molecule has 0 fully saturated rings. The molecule has 2 aromatic rings. The first-order chi connectivity index (χ1) is 11.2. The molecule has 0 bridgehead atoms. The van der Waals surface area contributed by atoms with Crippen molar-refractivity contribution in [3.05, 3.63) is 30.0 Å². The van der Waals surface area contributed by atoms with Gasteiger partial charge in [-0.2, -0.15) is 5.10 Å². The number of aromatic carboxylic acids is 1. The summed E-state index contributed by atoms with van der Waals surface area (Å²) in [5, 5.41) is 18.3. The zero-order valence-corrected chi connectivity index (χ0v) is 13.8. The zero-order chi connectivity index (χ0) is 17.9. The molecule has 1 aromatic carbocycles. The van der Waals surface area contributed by atoms with Crippen molar-refractivity contribution in [3.63, 3.8) is 0 Å². The molecule has 0 spiro atoms. The number of amides is 1. The number of rotatable bonds is 4. The number of carbonyl (C=O) groups is 2. The molecule has 1 amide bonds. The highest BCUT2D eigenvalue weighted by molar-refractivity contribution is 5.99. The number of benzene rings is 1. The van der Waals surface area contributed by atoms with Crippen LogP contribution in [0.15, 0.2) is 24.4 Å². The molecule has 2 rings (SSSR count). The number of methoxy groups -OCH3 is 1. The molecule has 8 heteroatoms. The second kappa shape index (κ2) is 6.61. The van der Waals surface area contributed by atoms with Gasteiger partial charge < -0.3 is 14.6 Å². The Morgan fingerprint density at radius 2 is 2.00 bits per heavy atom. The highest BCUT2D eigenvalue weighted by Gasteiger charge is 2.21. The fourth-order valence-corrected chi connectivity index (χ4v) is 2.03. The van der Waals surface area contributed by atoms with E-state index in [1.54, 1.807) is 39.0 Å². The topological polar surface area (TPSA) is 114 Å². The fourth-order valence-electron chi connectivity index (χ4n) is 2.03. The van der Waals surface area contributed by atoms with E-state index in [1.165, 1.54) is 13.3 Å². The average Bonchev–Trinajstić information content (AvgIpc) is 2.95. The van der Waals surface area contributed by atoms with E-state index in [1.807, 2.05) is 0 Å². The minimum atomic E-state index is -1.13. The predicted molar refractivity (Wildman–Crippen MR) is 87.4 cm³/mol. The summed E-state index contributed by atoms with van der Waals surface area (Å²) in [5.74, 6) is -0.629. The summed E-state index contributed by atoms with van der Waals surface area (Å²) in [6.45, 7) is 5.25. The van der Waals surface area contributed by atoms with Crippen LogP contribution >= 0.6 is 0 Å². The van der Waals surface area contributed by atoms with Gasteiger partial charge in [0, 0.05) is 5.56 Å². The van der Waals surface area contributed by atoms with Crippen LogP contribution in [0.5, 0.6) is 5.75 Å². The number of aromatic nitrogens is 2. The number of nitrogens with one attached hydrogen (secondary N) is 2. The van der Waals surface area contributed by atoms with Gasteiger partial charge in [0.2, 0.25) is 0 Å². The average molecular weight is 333 g/mol. The molecular formula is C16H19N3O5. The van der Waals surface area contributed by atoms with Gasteiger partial charge in [-0.15, -0.1) is 0 Å². The van der Waals surface area contributed by atoms with E-state index in [0.29, 0.717) is 17.0 Å². The summed E-state index contributed by atoms with van der Waals surface area (Å²) in [6, 6.07) is 4.85. The molecule has 128 valence electrons. The first-order valence-corrected chi connectivity index (χ1v) is 7.16. The second-order valence-electron chi connectivity index (χ2n) is 6.00. The molecule has 0 atom stereocenters. The lowest BCUT2D eigenvalue weighted by Crippen LogP contribution is -2.27. The molecule has 0 aliphatic heterocycles. The molecule has 1 aromatic heterocycles. The molecule has 1 heterocycles. The van der Waals surface area contributed by atoms with E-state index in [2.05, 4.69) is 15.5 Å². The van der Waals surface area contributed by atoms with Gasteiger partial charge in [0.1, 0.15) is 16.9 Å². The fraction of sp³-hybridized carbons (Fsp3) is 0.312. The number of carboxylic acids is 1. The number of nitrogens with zero attached hydrogens (tertiary/aromatic N) is 1. The Balaban J connectivity index is 2.44. The van der Waals surface area contributed by atoms with Crippen molar-refractivity contribution in [2.24, 2.45) is 0 Å². The van der Waals surface area contributed by atoms with Gasteiger partial charge >= 0.3 is 12.1 Å². The van der Waals surface area contributed by atoms with Crippen molar-refractivity contribution in [3.8, 4) is 17.0 Å². The number of anilines is 1. The molecule has 0 unspecified atom stereocenters. The maximum Gasteiger partial charge on any atom is 0.412 e. The van der Waals surface area contributed by atoms with Crippen LogP contribution < -0.4 is 10.1 Å². The van der Waals surface area contributed by atoms with Crippen molar-refractivity contribution in [1.29, 1.82) is 0 Å². The monoisotopic (exact) mass is 333 g/mol. The Labute approximate surface area is 138 Å². The van der Waals surface area contributed by atoms with Crippen molar-refractivity contribution in [2.75, 3.05) is 12.4 Å². The van der Waals surface area contributed by atoms with Crippen molar-refractivity contribution in [2.45, 2.75) is 26.4 Å². The summed E-state index contributed by atoms with van der Waals surface area (Å²) in [6.07, 6.45) is 0.555. The minimum absolute atomic E-state index is 0.0181. The Hall–Kier alpha value is -3.03. The van der Waals surface area contributed by atoms with Crippen LogP contribution in [0.4, 0.5) is 10.5 Å². The highest BCUT2D eigenvalue weighted by atomic mass is 16.6. The first kappa shape index (κ1) is 17.3. The number of H-pyrrole nitrogens is 1. The largest absolute Gasteiger partial charge is 0.497 e. The van der Waals surface area contributed by atoms with Crippen LogP contribution in [0.25, 0.3) is 11.3 Å². The molecule has 8 nitrogen and oxygen atoms in total. The van der Waals surface area contributed by atoms with E-state index in [4.69, 9.17) is 9.47 Å². The third kappa shape index (κ3) is 4.03. The third-order valence-electron chi connectivity index (χ3n) is 3.00. The summed E-state index contributed by atoms with van der Waals surface area (Å²) in [5.41, 5.74) is 0.381. The summed E-state index contributed by atoms with van der Waals surface area (Å²) >= 11 is 0. The number of carboxylic acid groups (broad SMARTS) is 1. The molecule has 0 aliphatic carbocycles. The predicted octanol–water partition coefficient (Wildman–Crippen LogP) is 3.13. The van der Waals surface area contributed by atoms with Crippen LogP contribution in [0.2, 0.25) is 0 Å². The van der Waals surface area contributed by atoms with Gasteiger partial charge in [-0.05, 0) is 39.0 Å². The Bertz CT molecular complexity index is 761. The number of carbonyl (C=O) groups excluding carboxylic acids is 1. The number of hydrogen-bond acceptors (Lipinski definition) is 5. The second-order valence-corrected chi connectivity index (χ2v) is 6.00. The van der Waals surface area contributed by atoms with Gasteiger partial charge in [-0.3, -0.25) is 10.4 Å². The Morgan fingerprint density at radius 1 is 1.29 bits per heavy atom. The van der Waals surface area contributed by atoms with Gasteiger partial charge in [0.25, 0.3) is 0 Å². The summed E-state index contributed by atoms with van der Waals surface area (Å²) in [4.78, 5) is 23.3. The lowest BCUT2D eigenvalue weighted by molar-refractivity contribution is 0.0634. The van der Waals surface area contributed by atoms with E-state index >= 15 is 0 Å². The number of aromatic amines is 1. The van der Waals surface area contributed by atoms with E-state index in [-0.39, 0.29) is 11.3 Å². The van der Waals surface area contributed by atoms with Crippen LogP contribution in [-0.4, -0.2) is 40.1 Å². The van der Waals surface area contributed by atoms with E-state index < -0.39 is 17.7 Å². The molecule has 24 heavy (non-hydrogen) atoms. The lowest BCUT2D eigenvalue weighted by Gasteiger charge is -2.20. The van der Waals surface area contributed by atoms with E-state index in [9.17, 15) is 14.7 Å². The van der Waals surface area contributed by atoms with Crippen molar-refractivity contribution >= 4 is 17.7 Å². The quantitative estimate of drug-likeness (QED) is 0.792. The van der Waals surface area contributed by atoms with Crippen LogP contribution in [0, 0.1) is 0 Å². The van der Waals surface area contributed by atoms with Crippen molar-refractivity contribution < 1.29 is 24.2 Å². The van der Waals surface area contributed by atoms with Gasteiger partial charge in [0.05, 0.1) is 24.7 Å². The minimum Gasteiger partial charge on any atom is -0.497 e. The molecule has 0 saturated carbocycles. The first-order valence-electron chi connectivity index (χ1n) is 7.16. The normalized spacial score (nSPS) is 11.0. The lowest BCUT2D eigenvalue weighted by atomic mass is 10.1. The summed E-state index contributed by atoms with van der Waals surface area (Å²) < 4.78 is 10.4. The smallest absolute Gasteiger partial charge is 0.412 e. The standard InChI is InChI=1S/C16H19N3O5/c1-16(2,3)24-15(22)18-12-6-5-9(23-4)7-10(12)13-11(14(20)21)8-17-19-13/h5-8H,1-4H3,(H,17,19)(H,18,22)(H,20,21). The summed E-state index contributed by atoms with van der Waals surface area (Å²) in [7, 11) is 1.49. The van der Waals surface area contributed by atoms with Gasteiger partial charge in [0.15, 0.2) is 0 Å². The molecule has 0 saturated heterocycles. The van der Waals surface area contributed by atoms with Gasteiger partial charge in [-0.25, -0.2) is 9.59 Å². The maximum atomic E-state index is 12.0. The van der Waals surface area contributed by atoms with E-state index in [0.717, 1.165) is 0 Å². The number of hydrogen-bond donors (Lipinski definition) is 3. The number of ether oxygens (including phenoxy) is 2. The van der Waals surface area contributed by atoms with Crippen molar-refractivity contribution in [1.82, 2.24) is 10.2 Å². The molecular weight excluding hydrogens is 314 g/mol. The molecule has 0 radical (unpaired) electrons. The Kier molecular flexibility index (Phi) is 4.77. The SMILES string of the molecule is COc1ccc(NC(=O)OC(C)(C)C)c(-c2[nH]ncc2C(=O)O)c1. The highest BCUT2D eigenvalue weighted by Crippen LogP contribution is 2.33. The Morgan fingerprint density at radius 3 is 2.58 bits per heavy atom. The zero-order valence-electron chi connectivity index (χ0n) is 13.8. The maximum absolute atomic E-state index is 12.0. The van der Waals surface area contributed by atoms with Crippen LogP contribution in [0.1, 0.15) is 31.1 Å². The van der Waals surface area contributed by atoms with Crippen LogP contribution in [0.3, 0.4) is 0 Å². The van der Waals surface area contributed by atoms with Crippen LogP contribution in [-0.2, 0) is 4.74 Å².